The zero-order valence-corrected chi connectivity index (χ0v) is 17.8. The maximum atomic E-state index is 6.45. The molecule has 3 rings (SSSR count). The van der Waals surface area contributed by atoms with E-state index in [1.165, 1.54) is 0 Å². The highest BCUT2D eigenvalue weighted by molar-refractivity contribution is 6.33. The third-order valence-electron chi connectivity index (χ3n) is 4.25. The van der Waals surface area contributed by atoms with E-state index in [0.717, 1.165) is 35.3 Å². The molecule has 0 radical (unpaired) electrons. The molecule has 1 aromatic carbocycles. The van der Waals surface area contributed by atoms with Crippen molar-refractivity contribution in [2.45, 2.75) is 13.3 Å². The van der Waals surface area contributed by atoms with Crippen LogP contribution in [0.25, 0.3) is 22.5 Å². The smallest absolute Gasteiger partial charge is 0.138 e. The lowest BCUT2D eigenvalue weighted by molar-refractivity contribution is 0.282. The molecule has 0 unspecified atom stereocenters. The zero-order chi connectivity index (χ0) is 20.1. The van der Waals surface area contributed by atoms with Gasteiger partial charge in [-0.3, -0.25) is 9.97 Å². The van der Waals surface area contributed by atoms with Crippen LogP contribution in [0.15, 0.2) is 48.8 Å². The molecule has 3 aromatic rings. The number of aryl methyl sites for hydroxylation is 1. The van der Waals surface area contributed by atoms with Gasteiger partial charge in [0.1, 0.15) is 5.75 Å². The van der Waals surface area contributed by atoms with Gasteiger partial charge in [0.05, 0.1) is 28.0 Å². The van der Waals surface area contributed by atoms with Crippen LogP contribution in [0, 0.1) is 6.92 Å². The summed E-state index contributed by atoms with van der Waals surface area (Å²) in [7, 11) is 4.08. The Bertz CT molecular complexity index is 960. The number of ether oxygens (including phenoxy) is 1. The van der Waals surface area contributed by atoms with Gasteiger partial charge in [0.2, 0.25) is 0 Å². The molecular weight excluding hydrogens is 393 g/mol. The maximum Gasteiger partial charge on any atom is 0.138 e. The van der Waals surface area contributed by atoms with E-state index in [9.17, 15) is 0 Å². The highest BCUT2D eigenvalue weighted by atomic mass is 35.5. The van der Waals surface area contributed by atoms with Crippen LogP contribution in [0.4, 0.5) is 0 Å². The van der Waals surface area contributed by atoms with Crippen molar-refractivity contribution in [2.75, 3.05) is 27.2 Å². The number of halogens is 2. The Morgan fingerprint density at radius 3 is 2.57 bits per heavy atom. The first-order valence-electron chi connectivity index (χ1n) is 9.10. The number of rotatable bonds is 7. The van der Waals surface area contributed by atoms with Crippen LogP contribution < -0.4 is 4.74 Å². The predicted octanol–water partition coefficient (Wildman–Crippen LogP) is 5.76. The van der Waals surface area contributed by atoms with Crippen LogP contribution in [0.5, 0.6) is 5.75 Å². The van der Waals surface area contributed by atoms with Crippen LogP contribution in [0.2, 0.25) is 10.0 Å². The summed E-state index contributed by atoms with van der Waals surface area (Å²) >= 11 is 12.8. The van der Waals surface area contributed by atoms with Crippen molar-refractivity contribution in [3.63, 3.8) is 0 Å². The molecule has 0 aliphatic heterocycles. The zero-order valence-electron chi connectivity index (χ0n) is 16.2. The average Bonchev–Trinajstić information content (AvgIpc) is 2.66. The lowest BCUT2D eigenvalue weighted by atomic mass is 10.0. The van der Waals surface area contributed by atoms with E-state index < -0.39 is 0 Å². The van der Waals surface area contributed by atoms with Gasteiger partial charge >= 0.3 is 0 Å². The second-order valence-corrected chi connectivity index (χ2v) is 7.71. The summed E-state index contributed by atoms with van der Waals surface area (Å²) in [5.41, 5.74) is 4.28. The van der Waals surface area contributed by atoms with Gasteiger partial charge in [-0.2, -0.15) is 0 Å². The maximum absolute atomic E-state index is 6.45. The first kappa shape index (κ1) is 20.6. The van der Waals surface area contributed by atoms with Gasteiger partial charge in [-0.15, -0.1) is 0 Å². The van der Waals surface area contributed by atoms with E-state index in [4.69, 9.17) is 27.9 Å². The Kier molecular flexibility index (Phi) is 6.89. The fraction of sp³-hybridized carbons (Fsp3) is 0.273. The third-order valence-corrected chi connectivity index (χ3v) is 4.85. The van der Waals surface area contributed by atoms with Gasteiger partial charge in [-0.25, -0.2) is 0 Å². The van der Waals surface area contributed by atoms with Crippen molar-refractivity contribution < 1.29 is 4.74 Å². The molecule has 2 aromatic heterocycles. The Labute approximate surface area is 176 Å². The molecular formula is C22H23Cl2N3O. The summed E-state index contributed by atoms with van der Waals surface area (Å²) in [6.07, 6.45) is 4.48. The molecule has 0 atom stereocenters. The summed E-state index contributed by atoms with van der Waals surface area (Å²) in [5.74, 6) is 0.650. The van der Waals surface area contributed by atoms with Crippen molar-refractivity contribution in [1.29, 1.82) is 0 Å². The van der Waals surface area contributed by atoms with Crippen LogP contribution in [-0.4, -0.2) is 42.1 Å². The molecule has 6 heteroatoms. The molecule has 0 fully saturated rings. The van der Waals surface area contributed by atoms with Gasteiger partial charge in [-0.05, 0) is 63.3 Å². The lowest BCUT2D eigenvalue weighted by Crippen LogP contribution is -2.15. The molecule has 0 saturated carbocycles. The third kappa shape index (κ3) is 5.02. The molecule has 0 aliphatic rings. The number of hydrogen-bond donors (Lipinski definition) is 0. The standard InChI is InChI=1S/C22H23Cl2N3O/c1-15-12-19(24)22(26-14-15)17-6-4-9-25-21(17)16-7-8-18(23)20(13-16)28-11-5-10-27(2)3/h4,6-9,12-14H,5,10-11H2,1-3H3. The highest BCUT2D eigenvalue weighted by Gasteiger charge is 2.14. The Balaban J connectivity index is 1.93. The number of hydrogen-bond acceptors (Lipinski definition) is 4. The van der Waals surface area contributed by atoms with Crippen LogP contribution in [0.1, 0.15) is 12.0 Å². The van der Waals surface area contributed by atoms with Crippen molar-refractivity contribution in [2.24, 2.45) is 0 Å². The van der Waals surface area contributed by atoms with E-state index >= 15 is 0 Å². The number of nitrogens with zero attached hydrogens (tertiary/aromatic N) is 3. The van der Waals surface area contributed by atoms with Gasteiger partial charge < -0.3 is 9.64 Å². The first-order chi connectivity index (χ1) is 13.5. The monoisotopic (exact) mass is 415 g/mol. The summed E-state index contributed by atoms with van der Waals surface area (Å²) in [4.78, 5) is 11.2. The molecule has 4 nitrogen and oxygen atoms in total. The molecule has 2 heterocycles. The van der Waals surface area contributed by atoms with Gasteiger partial charge in [-0.1, -0.05) is 29.3 Å². The van der Waals surface area contributed by atoms with Gasteiger partial charge in [0.25, 0.3) is 0 Å². The van der Waals surface area contributed by atoms with Crippen molar-refractivity contribution in [1.82, 2.24) is 14.9 Å². The second kappa shape index (κ2) is 9.37. The molecule has 0 bridgehead atoms. The molecule has 0 amide bonds. The van der Waals surface area contributed by atoms with Crippen LogP contribution in [0.3, 0.4) is 0 Å². The largest absolute Gasteiger partial charge is 0.492 e. The fourth-order valence-corrected chi connectivity index (χ4v) is 3.38. The fourth-order valence-electron chi connectivity index (χ4n) is 2.88. The Hall–Kier alpha value is -2.14. The van der Waals surface area contributed by atoms with Gasteiger partial charge in [0, 0.05) is 30.1 Å². The quantitative estimate of drug-likeness (QED) is 0.460. The SMILES string of the molecule is Cc1cnc(-c2cccnc2-c2ccc(Cl)c(OCCCN(C)C)c2)c(Cl)c1. The Morgan fingerprint density at radius 1 is 1.00 bits per heavy atom. The van der Waals surface area contributed by atoms with Gasteiger partial charge in [0.15, 0.2) is 0 Å². The van der Waals surface area contributed by atoms with Crippen molar-refractivity contribution in [3.05, 3.63) is 64.4 Å². The first-order valence-corrected chi connectivity index (χ1v) is 9.86. The number of benzene rings is 1. The summed E-state index contributed by atoms with van der Waals surface area (Å²) in [6.45, 7) is 3.52. The lowest BCUT2D eigenvalue weighted by Gasteiger charge is -2.14. The van der Waals surface area contributed by atoms with Crippen molar-refractivity contribution in [3.8, 4) is 28.3 Å². The molecule has 28 heavy (non-hydrogen) atoms. The summed E-state index contributed by atoms with van der Waals surface area (Å²) in [6, 6.07) is 11.4. The topological polar surface area (TPSA) is 38.3 Å². The van der Waals surface area contributed by atoms with E-state index in [1.807, 2.05) is 57.4 Å². The second-order valence-electron chi connectivity index (χ2n) is 6.89. The molecule has 0 aliphatic carbocycles. The van der Waals surface area contributed by atoms with E-state index in [0.29, 0.717) is 28.1 Å². The molecule has 146 valence electrons. The summed E-state index contributed by atoms with van der Waals surface area (Å²) in [5, 5.41) is 1.18. The molecule has 0 saturated heterocycles. The molecule has 0 N–H and O–H groups in total. The Morgan fingerprint density at radius 2 is 1.82 bits per heavy atom. The minimum Gasteiger partial charge on any atom is -0.492 e. The minimum atomic E-state index is 0.581. The van der Waals surface area contributed by atoms with Crippen LogP contribution in [-0.2, 0) is 0 Å². The number of pyridine rings is 2. The average molecular weight is 416 g/mol. The highest BCUT2D eigenvalue weighted by Crippen LogP contribution is 2.36. The van der Waals surface area contributed by atoms with Crippen molar-refractivity contribution >= 4 is 23.2 Å². The predicted molar refractivity (Wildman–Crippen MR) is 116 cm³/mol. The minimum absolute atomic E-state index is 0.581. The number of aromatic nitrogens is 2. The van der Waals surface area contributed by atoms with E-state index in [1.54, 1.807) is 12.4 Å². The van der Waals surface area contributed by atoms with Crippen LogP contribution >= 0.6 is 23.2 Å². The normalized spacial score (nSPS) is 11.1. The van der Waals surface area contributed by atoms with E-state index in [-0.39, 0.29) is 0 Å². The molecule has 0 spiro atoms. The summed E-state index contributed by atoms with van der Waals surface area (Å²) < 4.78 is 5.91. The van der Waals surface area contributed by atoms with E-state index in [2.05, 4.69) is 14.9 Å².